The fourth-order valence-corrected chi connectivity index (χ4v) is 2.93. The molecule has 0 unspecified atom stereocenters. The molecule has 1 aliphatic carbocycles. The second kappa shape index (κ2) is 6.10. The van der Waals surface area contributed by atoms with E-state index in [4.69, 9.17) is 4.74 Å². The summed E-state index contributed by atoms with van der Waals surface area (Å²) in [5.74, 6) is 1.48. The largest absolute Gasteiger partial charge is 0.481 e. The maximum atomic E-state index is 5.08. The number of hydrogen-bond donors (Lipinski definition) is 1. The Balaban J connectivity index is 1.88. The third-order valence-corrected chi connectivity index (χ3v) is 4.35. The van der Waals surface area contributed by atoms with E-state index < -0.39 is 0 Å². The number of methoxy groups -OCH3 is 1. The summed E-state index contributed by atoms with van der Waals surface area (Å²) in [5, 5.41) is 4.30. The highest BCUT2D eigenvalue weighted by Crippen LogP contribution is 2.28. The Labute approximate surface area is 107 Å². The number of aromatic nitrogens is 2. The Morgan fingerprint density at radius 1 is 1.29 bits per heavy atom. The molecule has 4 nitrogen and oxygen atoms in total. The average Bonchev–Trinajstić information content (AvgIpc) is 2.40. The normalized spacial score (nSPS) is 24.4. The first kappa shape index (κ1) is 12.5. The number of ether oxygens (including phenoxy) is 1. The van der Waals surface area contributed by atoms with Gasteiger partial charge in [0, 0.05) is 17.4 Å². The molecule has 1 N–H and O–H groups in total. The fraction of sp³-hybridized carbons (Fsp3) is 0.667. The van der Waals surface area contributed by atoms with E-state index in [0.29, 0.717) is 11.9 Å². The predicted molar refractivity (Wildman–Crippen MR) is 71.8 cm³/mol. The molecule has 0 saturated heterocycles. The van der Waals surface area contributed by atoms with Crippen molar-refractivity contribution < 1.29 is 4.74 Å². The Hall–Kier alpha value is -0.970. The van der Waals surface area contributed by atoms with Crippen LogP contribution >= 0.6 is 11.8 Å². The van der Waals surface area contributed by atoms with Gasteiger partial charge in [-0.3, -0.25) is 0 Å². The molecule has 1 fully saturated rings. The molecule has 1 aromatic heterocycles. The monoisotopic (exact) mass is 253 g/mol. The van der Waals surface area contributed by atoms with Gasteiger partial charge in [-0.15, -0.1) is 0 Å². The van der Waals surface area contributed by atoms with Crippen molar-refractivity contribution in [2.45, 2.75) is 37.0 Å². The molecule has 1 heterocycles. The summed E-state index contributed by atoms with van der Waals surface area (Å²) in [6, 6.07) is 2.39. The third kappa shape index (κ3) is 3.49. The zero-order valence-corrected chi connectivity index (χ0v) is 11.2. The molecule has 0 bridgehead atoms. The quantitative estimate of drug-likeness (QED) is 0.893. The number of thioether (sulfide) groups is 1. The Kier molecular flexibility index (Phi) is 4.48. The van der Waals surface area contributed by atoms with E-state index in [1.807, 2.05) is 17.8 Å². The minimum atomic E-state index is 0.540. The molecular weight excluding hydrogens is 234 g/mol. The highest BCUT2D eigenvalue weighted by atomic mass is 32.2. The molecule has 94 valence electrons. The van der Waals surface area contributed by atoms with Crippen LogP contribution in [0.2, 0.25) is 0 Å². The topological polar surface area (TPSA) is 47.0 Å². The average molecular weight is 253 g/mol. The van der Waals surface area contributed by atoms with Crippen LogP contribution in [0.15, 0.2) is 12.4 Å². The van der Waals surface area contributed by atoms with Crippen LogP contribution in [0, 0.1) is 0 Å². The lowest BCUT2D eigenvalue weighted by Gasteiger charge is -2.28. The van der Waals surface area contributed by atoms with E-state index in [1.54, 1.807) is 7.11 Å². The van der Waals surface area contributed by atoms with Gasteiger partial charge in [-0.25, -0.2) is 9.97 Å². The third-order valence-electron chi connectivity index (χ3n) is 3.21. The molecule has 0 aromatic carbocycles. The van der Waals surface area contributed by atoms with Gasteiger partial charge in [0.15, 0.2) is 0 Å². The van der Waals surface area contributed by atoms with Crippen LogP contribution in [0.3, 0.4) is 0 Å². The molecule has 1 aromatic rings. The summed E-state index contributed by atoms with van der Waals surface area (Å²) in [4.78, 5) is 8.21. The second-order valence-electron chi connectivity index (χ2n) is 4.30. The smallest absolute Gasteiger partial charge is 0.218 e. The SMILES string of the molecule is COc1cc(NC2CCC(SC)CC2)ncn1. The summed E-state index contributed by atoms with van der Waals surface area (Å²) >= 11 is 1.99. The molecule has 0 amide bonds. The van der Waals surface area contributed by atoms with E-state index in [0.717, 1.165) is 11.1 Å². The van der Waals surface area contributed by atoms with Crippen molar-refractivity contribution >= 4 is 17.6 Å². The van der Waals surface area contributed by atoms with Gasteiger partial charge in [0.05, 0.1) is 7.11 Å². The van der Waals surface area contributed by atoms with E-state index in [2.05, 4.69) is 21.5 Å². The fourth-order valence-electron chi connectivity index (χ4n) is 2.18. The second-order valence-corrected chi connectivity index (χ2v) is 5.44. The maximum absolute atomic E-state index is 5.08. The van der Waals surface area contributed by atoms with Gasteiger partial charge >= 0.3 is 0 Å². The maximum Gasteiger partial charge on any atom is 0.218 e. The Morgan fingerprint density at radius 3 is 2.71 bits per heavy atom. The highest BCUT2D eigenvalue weighted by molar-refractivity contribution is 7.99. The molecule has 0 radical (unpaired) electrons. The molecule has 2 rings (SSSR count). The zero-order chi connectivity index (χ0) is 12.1. The van der Waals surface area contributed by atoms with Gasteiger partial charge in [0.1, 0.15) is 12.1 Å². The van der Waals surface area contributed by atoms with Gasteiger partial charge < -0.3 is 10.1 Å². The summed E-state index contributed by atoms with van der Waals surface area (Å²) in [6.45, 7) is 0. The van der Waals surface area contributed by atoms with Crippen LogP contribution in [0.25, 0.3) is 0 Å². The molecule has 1 saturated carbocycles. The predicted octanol–water partition coefficient (Wildman–Crippen LogP) is 2.57. The molecule has 0 atom stereocenters. The first-order chi connectivity index (χ1) is 8.31. The van der Waals surface area contributed by atoms with Gasteiger partial charge in [-0.1, -0.05) is 0 Å². The highest BCUT2D eigenvalue weighted by Gasteiger charge is 2.20. The van der Waals surface area contributed by atoms with Crippen LogP contribution < -0.4 is 10.1 Å². The number of nitrogens with zero attached hydrogens (tertiary/aromatic N) is 2. The summed E-state index contributed by atoms with van der Waals surface area (Å²) in [6.07, 6.45) is 8.76. The minimum absolute atomic E-state index is 0.540. The minimum Gasteiger partial charge on any atom is -0.481 e. The lowest BCUT2D eigenvalue weighted by molar-refractivity contribution is 0.396. The van der Waals surface area contributed by atoms with Crippen LogP contribution in [-0.2, 0) is 0 Å². The lowest BCUT2D eigenvalue weighted by atomic mass is 9.95. The first-order valence-electron chi connectivity index (χ1n) is 5.97. The molecule has 0 aliphatic heterocycles. The number of nitrogens with one attached hydrogen (secondary N) is 1. The van der Waals surface area contributed by atoms with Gasteiger partial charge in [-0.05, 0) is 31.9 Å². The van der Waals surface area contributed by atoms with Gasteiger partial charge in [0.25, 0.3) is 0 Å². The van der Waals surface area contributed by atoms with Crippen molar-refractivity contribution in [2.75, 3.05) is 18.7 Å². The van der Waals surface area contributed by atoms with E-state index >= 15 is 0 Å². The summed E-state index contributed by atoms with van der Waals surface area (Å²) in [7, 11) is 1.62. The van der Waals surface area contributed by atoms with Crippen LogP contribution in [-0.4, -0.2) is 34.6 Å². The Bertz CT molecular complexity index is 353. The number of hydrogen-bond acceptors (Lipinski definition) is 5. The standard InChI is InChI=1S/C12H19N3OS/c1-16-12-7-11(13-8-14-12)15-9-3-5-10(17-2)6-4-9/h7-10H,3-6H2,1-2H3,(H,13,14,15). The molecular formula is C12H19N3OS. The zero-order valence-electron chi connectivity index (χ0n) is 10.3. The first-order valence-corrected chi connectivity index (χ1v) is 7.26. The van der Waals surface area contributed by atoms with E-state index in [-0.39, 0.29) is 0 Å². The van der Waals surface area contributed by atoms with Crippen molar-refractivity contribution in [2.24, 2.45) is 0 Å². The van der Waals surface area contributed by atoms with Gasteiger partial charge in [0.2, 0.25) is 5.88 Å². The Morgan fingerprint density at radius 2 is 2.06 bits per heavy atom. The van der Waals surface area contributed by atoms with Crippen molar-refractivity contribution in [1.29, 1.82) is 0 Å². The van der Waals surface area contributed by atoms with Crippen molar-refractivity contribution in [1.82, 2.24) is 9.97 Å². The van der Waals surface area contributed by atoms with Crippen molar-refractivity contribution in [3.8, 4) is 5.88 Å². The molecule has 1 aliphatic rings. The van der Waals surface area contributed by atoms with Crippen LogP contribution in [0.1, 0.15) is 25.7 Å². The summed E-state index contributed by atoms with van der Waals surface area (Å²) in [5.41, 5.74) is 0. The van der Waals surface area contributed by atoms with Gasteiger partial charge in [-0.2, -0.15) is 11.8 Å². The van der Waals surface area contributed by atoms with Crippen molar-refractivity contribution in [3.63, 3.8) is 0 Å². The number of anilines is 1. The molecule has 5 heteroatoms. The molecule has 17 heavy (non-hydrogen) atoms. The van der Waals surface area contributed by atoms with Crippen LogP contribution in [0.5, 0.6) is 5.88 Å². The van der Waals surface area contributed by atoms with Crippen LogP contribution in [0.4, 0.5) is 5.82 Å². The number of rotatable bonds is 4. The van der Waals surface area contributed by atoms with E-state index in [9.17, 15) is 0 Å². The van der Waals surface area contributed by atoms with Crippen molar-refractivity contribution in [3.05, 3.63) is 12.4 Å². The molecule has 0 spiro atoms. The van der Waals surface area contributed by atoms with E-state index in [1.165, 1.54) is 32.0 Å². The summed E-state index contributed by atoms with van der Waals surface area (Å²) < 4.78 is 5.08. The lowest BCUT2D eigenvalue weighted by Crippen LogP contribution is -2.27.